The molecule has 0 saturated carbocycles. The minimum atomic E-state index is 0.0183. The summed E-state index contributed by atoms with van der Waals surface area (Å²) >= 11 is 3.15. The molecule has 0 amide bonds. The van der Waals surface area contributed by atoms with Crippen molar-refractivity contribution in [2.24, 2.45) is 0 Å². The van der Waals surface area contributed by atoms with Crippen LogP contribution in [0.2, 0.25) is 0 Å². The molecule has 0 atom stereocenters. The van der Waals surface area contributed by atoms with Gasteiger partial charge in [-0.15, -0.1) is 0 Å². The van der Waals surface area contributed by atoms with E-state index in [1.165, 1.54) is 0 Å². The van der Waals surface area contributed by atoms with Gasteiger partial charge in [-0.1, -0.05) is 0 Å². The average Bonchev–Trinajstić information content (AvgIpc) is 2.10. The Kier molecular flexibility index (Phi) is 1.87. The first-order valence-electron chi connectivity index (χ1n) is 2.56. The van der Waals surface area contributed by atoms with Gasteiger partial charge >= 0.3 is 0 Å². The third-order valence-corrected chi connectivity index (χ3v) is 1.49. The van der Waals surface area contributed by atoms with E-state index in [2.05, 4.69) is 25.9 Å². The number of aryl methyl sites for hydroxylation is 1. The maximum absolute atomic E-state index is 8.64. The van der Waals surface area contributed by atoms with Crippen molar-refractivity contribution in [3.63, 3.8) is 0 Å². The second-order valence-corrected chi connectivity index (χ2v) is 2.50. The van der Waals surface area contributed by atoms with Gasteiger partial charge in [0.05, 0.1) is 18.0 Å². The molecule has 0 aliphatic rings. The largest absolute Gasteiger partial charge is 0.390 e. The van der Waals surface area contributed by atoms with Crippen molar-refractivity contribution < 1.29 is 5.11 Å². The lowest BCUT2D eigenvalue weighted by molar-refractivity contribution is 0.276. The third-order valence-electron chi connectivity index (χ3n) is 1.11. The van der Waals surface area contributed by atoms with Crippen LogP contribution in [0.4, 0.5) is 0 Å². The first kappa shape index (κ1) is 6.77. The summed E-state index contributed by atoms with van der Waals surface area (Å²) in [6, 6.07) is 0. The number of aromatic amines is 1. The molecule has 0 aliphatic heterocycles. The van der Waals surface area contributed by atoms with Crippen LogP contribution in [0.25, 0.3) is 0 Å². The minimum absolute atomic E-state index is 0.0183. The second kappa shape index (κ2) is 2.49. The van der Waals surface area contributed by atoms with Crippen molar-refractivity contribution in [2.45, 2.75) is 13.5 Å². The molecule has 0 saturated heterocycles. The lowest BCUT2D eigenvalue weighted by atomic mass is 10.4. The minimum Gasteiger partial charge on any atom is -0.390 e. The highest BCUT2D eigenvalue weighted by Crippen LogP contribution is 2.08. The molecule has 9 heavy (non-hydrogen) atoms. The number of halogens is 1. The molecule has 0 unspecified atom stereocenters. The van der Waals surface area contributed by atoms with Crippen molar-refractivity contribution in [3.8, 4) is 0 Å². The van der Waals surface area contributed by atoms with Gasteiger partial charge in [0.25, 0.3) is 0 Å². The number of hydrogen-bond acceptors (Lipinski definition) is 2. The number of imidazole rings is 1. The van der Waals surface area contributed by atoms with Crippen molar-refractivity contribution in [1.82, 2.24) is 9.97 Å². The molecule has 0 fully saturated rings. The Morgan fingerprint density at radius 1 is 1.78 bits per heavy atom. The predicted octanol–water partition coefficient (Wildman–Crippen LogP) is 0.973. The van der Waals surface area contributed by atoms with Gasteiger partial charge in [0.15, 0.2) is 4.73 Å². The molecule has 0 spiro atoms. The van der Waals surface area contributed by atoms with Gasteiger partial charge in [-0.2, -0.15) is 0 Å². The smallest absolute Gasteiger partial charge is 0.174 e. The van der Waals surface area contributed by atoms with E-state index >= 15 is 0 Å². The standard InChI is InChI=1S/C5H7BrN2O/c1-3-4(2-9)8-5(6)7-3/h9H,2H2,1H3,(H,7,8). The Bertz CT molecular complexity index is 209. The van der Waals surface area contributed by atoms with Crippen molar-refractivity contribution >= 4 is 15.9 Å². The Labute approximate surface area is 61.3 Å². The molecule has 1 rings (SSSR count). The Morgan fingerprint density at radius 2 is 2.44 bits per heavy atom. The lowest BCUT2D eigenvalue weighted by Crippen LogP contribution is -1.84. The third kappa shape index (κ3) is 1.31. The maximum atomic E-state index is 8.64. The number of nitrogens with zero attached hydrogens (tertiary/aromatic N) is 1. The van der Waals surface area contributed by atoms with Gasteiger partial charge < -0.3 is 10.1 Å². The summed E-state index contributed by atoms with van der Waals surface area (Å²) in [6.07, 6.45) is 0. The molecule has 50 valence electrons. The fourth-order valence-corrected chi connectivity index (χ4v) is 1.12. The first-order valence-corrected chi connectivity index (χ1v) is 3.35. The van der Waals surface area contributed by atoms with Crippen LogP contribution in [0.1, 0.15) is 11.4 Å². The number of aliphatic hydroxyl groups excluding tert-OH is 1. The average molecular weight is 191 g/mol. The van der Waals surface area contributed by atoms with Gasteiger partial charge in [-0.25, -0.2) is 4.98 Å². The molecule has 1 aromatic heterocycles. The summed E-state index contributed by atoms with van der Waals surface area (Å²) in [4.78, 5) is 6.83. The molecule has 0 aliphatic carbocycles. The normalized spacial score (nSPS) is 10.1. The van der Waals surface area contributed by atoms with Crippen molar-refractivity contribution in [2.75, 3.05) is 0 Å². The summed E-state index contributed by atoms with van der Waals surface area (Å²) in [6.45, 7) is 1.86. The van der Waals surface area contributed by atoms with Gasteiger partial charge in [0, 0.05) is 0 Å². The number of hydrogen-bond donors (Lipinski definition) is 2. The van der Waals surface area contributed by atoms with Crippen molar-refractivity contribution in [1.29, 1.82) is 0 Å². The van der Waals surface area contributed by atoms with E-state index in [0.717, 1.165) is 11.4 Å². The zero-order valence-electron chi connectivity index (χ0n) is 4.98. The van der Waals surface area contributed by atoms with Gasteiger partial charge in [-0.3, -0.25) is 0 Å². The van der Waals surface area contributed by atoms with Crippen LogP contribution in [0.15, 0.2) is 4.73 Å². The van der Waals surface area contributed by atoms with Crippen LogP contribution in [0.3, 0.4) is 0 Å². The molecule has 0 bridgehead atoms. The number of rotatable bonds is 1. The monoisotopic (exact) mass is 190 g/mol. The van der Waals surface area contributed by atoms with Crippen LogP contribution < -0.4 is 0 Å². The van der Waals surface area contributed by atoms with E-state index < -0.39 is 0 Å². The molecule has 0 aromatic carbocycles. The second-order valence-electron chi connectivity index (χ2n) is 1.75. The maximum Gasteiger partial charge on any atom is 0.174 e. The van der Waals surface area contributed by atoms with Crippen LogP contribution in [-0.4, -0.2) is 15.1 Å². The molecule has 0 radical (unpaired) electrons. The zero-order chi connectivity index (χ0) is 6.85. The van der Waals surface area contributed by atoms with E-state index in [1.54, 1.807) is 0 Å². The lowest BCUT2D eigenvalue weighted by Gasteiger charge is -1.86. The van der Waals surface area contributed by atoms with E-state index in [-0.39, 0.29) is 6.61 Å². The van der Waals surface area contributed by atoms with Gasteiger partial charge in [-0.05, 0) is 22.9 Å². The SMILES string of the molecule is Cc1nc(Br)[nH]c1CO. The Balaban J connectivity index is 3.01. The van der Waals surface area contributed by atoms with Crippen LogP contribution in [0.5, 0.6) is 0 Å². The Hall–Kier alpha value is -0.350. The summed E-state index contributed by atoms with van der Waals surface area (Å²) in [7, 11) is 0. The fraction of sp³-hybridized carbons (Fsp3) is 0.400. The highest BCUT2D eigenvalue weighted by Gasteiger charge is 2.00. The fourth-order valence-electron chi connectivity index (χ4n) is 0.612. The first-order chi connectivity index (χ1) is 4.24. The molecular weight excluding hydrogens is 184 g/mol. The summed E-state index contributed by atoms with van der Waals surface area (Å²) in [5.74, 6) is 0. The number of aromatic nitrogens is 2. The van der Waals surface area contributed by atoms with E-state index in [9.17, 15) is 0 Å². The van der Waals surface area contributed by atoms with Crippen LogP contribution >= 0.6 is 15.9 Å². The Morgan fingerprint density at radius 3 is 2.67 bits per heavy atom. The van der Waals surface area contributed by atoms with Crippen LogP contribution in [0, 0.1) is 6.92 Å². The van der Waals surface area contributed by atoms with Crippen LogP contribution in [-0.2, 0) is 6.61 Å². The highest BCUT2D eigenvalue weighted by atomic mass is 79.9. The van der Waals surface area contributed by atoms with Gasteiger partial charge in [0.1, 0.15) is 0 Å². The van der Waals surface area contributed by atoms with E-state index in [1.807, 2.05) is 6.92 Å². The summed E-state index contributed by atoms with van der Waals surface area (Å²) in [5.41, 5.74) is 1.60. The molecule has 4 heteroatoms. The number of aliphatic hydroxyl groups is 1. The van der Waals surface area contributed by atoms with Gasteiger partial charge in [0.2, 0.25) is 0 Å². The van der Waals surface area contributed by atoms with E-state index in [0.29, 0.717) is 4.73 Å². The van der Waals surface area contributed by atoms with E-state index in [4.69, 9.17) is 5.11 Å². The molecule has 1 aromatic rings. The summed E-state index contributed by atoms with van der Waals surface area (Å²) < 4.78 is 0.670. The zero-order valence-corrected chi connectivity index (χ0v) is 6.57. The number of H-pyrrole nitrogens is 1. The summed E-state index contributed by atoms with van der Waals surface area (Å²) in [5, 5.41) is 8.64. The quantitative estimate of drug-likeness (QED) is 0.694. The van der Waals surface area contributed by atoms with Crippen molar-refractivity contribution in [3.05, 3.63) is 16.1 Å². The molecule has 1 heterocycles. The topological polar surface area (TPSA) is 48.9 Å². The highest BCUT2D eigenvalue weighted by molar-refractivity contribution is 9.10. The molecule has 2 N–H and O–H groups in total. The molecular formula is C5H7BrN2O. The molecule has 3 nitrogen and oxygen atoms in total. The number of nitrogens with one attached hydrogen (secondary N) is 1. The predicted molar refractivity (Wildman–Crippen MR) is 36.9 cm³/mol.